The molecule has 0 unspecified atom stereocenters. The smallest absolute Gasteiger partial charge is 0.309 e. The van der Waals surface area contributed by atoms with Crippen LogP contribution < -0.4 is 0 Å². The van der Waals surface area contributed by atoms with Crippen molar-refractivity contribution >= 4 is 5.97 Å². The number of benzene rings is 1. The summed E-state index contributed by atoms with van der Waals surface area (Å²) in [5, 5.41) is 9.56. The molecule has 1 fully saturated rings. The summed E-state index contributed by atoms with van der Waals surface area (Å²) in [6.07, 6.45) is 6.19. The zero-order valence-corrected chi connectivity index (χ0v) is 10.5. The summed E-state index contributed by atoms with van der Waals surface area (Å²) < 4.78 is 12.9. The van der Waals surface area contributed by atoms with E-state index in [9.17, 15) is 14.3 Å². The largest absolute Gasteiger partial charge is 0.481 e. The number of carboxylic acids is 1. The Labute approximate surface area is 107 Å². The van der Waals surface area contributed by atoms with Crippen LogP contribution in [0, 0.1) is 11.2 Å². The molecule has 0 aromatic heterocycles. The van der Waals surface area contributed by atoms with Gasteiger partial charge in [-0.2, -0.15) is 0 Å². The summed E-state index contributed by atoms with van der Waals surface area (Å²) in [6, 6.07) is 6.21. The molecule has 1 N–H and O–H groups in total. The second-order valence-corrected chi connectivity index (χ2v) is 5.30. The molecule has 0 atom stereocenters. The highest BCUT2D eigenvalue weighted by Crippen LogP contribution is 2.38. The number of halogens is 1. The molecule has 2 nitrogen and oxygen atoms in total. The molecule has 0 bridgehead atoms. The Balaban J connectivity index is 2.19. The molecule has 1 aliphatic carbocycles. The van der Waals surface area contributed by atoms with Gasteiger partial charge in [0.15, 0.2) is 0 Å². The highest BCUT2D eigenvalue weighted by Gasteiger charge is 2.38. The summed E-state index contributed by atoms with van der Waals surface area (Å²) in [6.45, 7) is 0. The van der Waals surface area contributed by atoms with E-state index in [-0.39, 0.29) is 5.82 Å². The third-order valence-corrected chi connectivity index (χ3v) is 3.97. The van der Waals surface area contributed by atoms with Crippen LogP contribution in [0.1, 0.15) is 44.1 Å². The minimum absolute atomic E-state index is 0.274. The number of hydrogen-bond acceptors (Lipinski definition) is 1. The first-order valence-corrected chi connectivity index (χ1v) is 6.60. The normalized spacial score (nSPS) is 19.2. The summed E-state index contributed by atoms with van der Waals surface area (Å²) in [5.74, 6) is -0.974. The maximum absolute atomic E-state index is 12.9. The molecule has 0 radical (unpaired) electrons. The molecule has 0 amide bonds. The van der Waals surface area contributed by atoms with E-state index in [4.69, 9.17) is 0 Å². The molecule has 1 aromatic carbocycles. The molecule has 98 valence electrons. The average molecular weight is 250 g/mol. The lowest BCUT2D eigenvalue weighted by atomic mass is 9.75. The van der Waals surface area contributed by atoms with Crippen molar-refractivity contribution in [2.45, 2.75) is 44.9 Å². The highest BCUT2D eigenvalue weighted by molar-refractivity contribution is 5.75. The Morgan fingerprint density at radius 3 is 2.17 bits per heavy atom. The van der Waals surface area contributed by atoms with Crippen LogP contribution in [0.4, 0.5) is 4.39 Å². The average Bonchev–Trinajstić information content (AvgIpc) is 2.59. The maximum Gasteiger partial charge on any atom is 0.309 e. The third-order valence-electron chi connectivity index (χ3n) is 3.97. The Kier molecular flexibility index (Phi) is 4.00. The predicted octanol–water partition coefficient (Wildman–Crippen LogP) is 3.79. The van der Waals surface area contributed by atoms with E-state index in [1.807, 2.05) is 0 Å². The van der Waals surface area contributed by atoms with Gasteiger partial charge in [0.05, 0.1) is 5.41 Å². The van der Waals surface area contributed by atoms with Crippen molar-refractivity contribution in [2.75, 3.05) is 0 Å². The quantitative estimate of drug-likeness (QED) is 0.829. The fourth-order valence-electron chi connectivity index (χ4n) is 2.86. The molecule has 3 heteroatoms. The Morgan fingerprint density at radius 2 is 1.67 bits per heavy atom. The monoisotopic (exact) mass is 250 g/mol. The van der Waals surface area contributed by atoms with E-state index >= 15 is 0 Å². The van der Waals surface area contributed by atoms with Gasteiger partial charge in [-0.1, -0.05) is 37.8 Å². The van der Waals surface area contributed by atoms with Crippen molar-refractivity contribution in [3.05, 3.63) is 35.6 Å². The van der Waals surface area contributed by atoms with Crippen molar-refractivity contribution in [1.29, 1.82) is 0 Å². The first kappa shape index (κ1) is 13.1. The zero-order valence-electron chi connectivity index (χ0n) is 10.5. The van der Waals surface area contributed by atoms with Crippen molar-refractivity contribution in [3.63, 3.8) is 0 Å². The molecule has 0 saturated heterocycles. The third kappa shape index (κ3) is 2.89. The van der Waals surface area contributed by atoms with Crippen molar-refractivity contribution in [2.24, 2.45) is 5.41 Å². The second-order valence-electron chi connectivity index (χ2n) is 5.30. The SMILES string of the molecule is O=C(O)C1(Cc2ccc(F)cc2)CCCCCC1. The van der Waals surface area contributed by atoms with Gasteiger partial charge >= 0.3 is 5.97 Å². The number of aliphatic carboxylic acids is 1. The topological polar surface area (TPSA) is 37.3 Å². The van der Waals surface area contributed by atoms with Gasteiger partial charge in [0.2, 0.25) is 0 Å². The van der Waals surface area contributed by atoms with Gasteiger partial charge in [-0.3, -0.25) is 4.79 Å². The Bertz CT molecular complexity index is 403. The van der Waals surface area contributed by atoms with Crippen LogP contribution in [-0.2, 0) is 11.2 Å². The molecule has 2 rings (SSSR count). The van der Waals surface area contributed by atoms with Gasteiger partial charge in [0, 0.05) is 0 Å². The minimum atomic E-state index is -0.700. The van der Waals surface area contributed by atoms with Crippen LogP contribution in [0.25, 0.3) is 0 Å². The summed E-state index contributed by atoms with van der Waals surface area (Å²) in [5.41, 5.74) is 0.273. The molecule has 0 heterocycles. The Morgan fingerprint density at radius 1 is 1.11 bits per heavy atom. The number of carboxylic acid groups (broad SMARTS) is 1. The standard InChI is InChI=1S/C15H19FO2/c16-13-7-5-12(6-8-13)11-15(14(17)18)9-3-1-2-4-10-15/h5-8H,1-4,9-11H2,(H,17,18). The lowest BCUT2D eigenvalue weighted by Gasteiger charge is -2.28. The van der Waals surface area contributed by atoms with E-state index in [0.29, 0.717) is 6.42 Å². The van der Waals surface area contributed by atoms with E-state index in [0.717, 1.165) is 44.1 Å². The van der Waals surface area contributed by atoms with E-state index in [2.05, 4.69) is 0 Å². The van der Waals surface area contributed by atoms with Crippen LogP contribution in [0.3, 0.4) is 0 Å². The fourth-order valence-corrected chi connectivity index (χ4v) is 2.86. The van der Waals surface area contributed by atoms with Gasteiger partial charge in [0.1, 0.15) is 5.82 Å². The Hall–Kier alpha value is -1.38. The highest BCUT2D eigenvalue weighted by atomic mass is 19.1. The number of carbonyl (C=O) groups is 1. The number of rotatable bonds is 3. The molecule has 1 aliphatic rings. The number of hydrogen-bond donors (Lipinski definition) is 1. The lowest BCUT2D eigenvalue weighted by Crippen LogP contribution is -2.32. The lowest BCUT2D eigenvalue weighted by molar-refractivity contribution is -0.149. The second kappa shape index (κ2) is 5.51. The van der Waals surface area contributed by atoms with Crippen LogP contribution in [0.5, 0.6) is 0 Å². The van der Waals surface area contributed by atoms with Gasteiger partial charge in [-0.05, 0) is 37.0 Å². The molecular weight excluding hydrogens is 231 g/mol. The molecule has 0 spiro atoms. The van der Waals surface area contributed by atoms with Crippen molar-refractivity contribution in [1.82, 2.24) is 0 Å². The summed E-state index contributed by atoms with van der Waals surface area (Å²) in [4.78, 5) is 11.6. The van der Waals surface area contributed by atoms with E-state index < -0.39 is 11.4 Å². The van der Waals surface area contributed by atoms with Gasteiger partial charge < -0.3 is 5.11 Å². The molecule has 1 aromatic rings. The predicted molar refractivity (Wildman–Crippen MR) is 67.9 cm³/mol. The van der Waals surface area contributed by atoms with E-state index in [1.54, 1.807) is 12.1 Å². The van der Waals surface area contributed by atoms with Crippen LogP contribution in [0.15, 0.2) is 24.3 Å². The minimum Gasteiger partial charge on any atom is -0.481 e. The van der Waals surface area contributed by atoms with Gasteiger partial charge in [0.25, 0.3) is 0 Å². The van der Waals surface area contributed by atoms with Gasteiger partial charge in [-0.25, -0.2) is 4.39 Å². The first-order chi connectivity index (χ1) is 8.62. The first-order valence-electron chi connectivity index (χ1n) is 6.60. The summed E-state index contributed by atoms with van der Waals surface area (Å²) in [7, 11) is 0. The maximum atomic E-state index is 12.9. The van der Waals surface area contributed by atoms with Crippen LogP contribution in [0.2, 0.25) is 0 Å². The van der Waals surface area contributed by atoms with Crippen molar-refractivity contribution < 1.29 is 14.3 Å². The summed E-state index contributed by atoms with van der Waals surface area (Å²) >= 11 is 0. The van der Waals surface area contributed by atoms with Gasteiger partial charge in [-0.15, -0.1) is 0 Å². The molecule has 18 heavy (non-hydrogen) atoms. The molecule has 0 aliphatic heterocycles. The fraction of sp³-hybridized carbons (Fsp3) is 0.533. The van der Waals surface area contributed by atoms with Crippen molar-refractivity contribution in [3.8, 4) is 0 Å². The molecule has 1 saturated carbocycles. The zero-order chi connectivity index (χ0) is 13.0. The van der Waals surface area contributed by atoms with E-state index in [1.165, 1.54) is 12.1 Å². The molecular formula is C15H19FO2. The van der Waals surface area contributed by atoms with Crippen LogP contribution >= 0.6 is 0 Å². The van der Waals surface area contributed by atoms with Crippen LogP contribution in [-0.4, -0.2) is 11.1 Å².